The average Bonchev–Trinajstić information content (AvgIpc) is 3.23. The van der Waals surface area contributed by atoms with E-state index in [4.69, 9.17) is 9.15 Å². The predicted octanol–water partition coefficient (Wildman–Crippen LogP) is 3.97. The van der Waals surface area contributed by atoms with Crippen LogP contribution in [0.5, 0.6) is 0 Å². The highest BCUT2D eigenvalue weighted by Crippen LogP contribution is 2.33. The Hall–Kier alpha value is -1.58. The van der Waals surface area contributed by atoms with Crippen LogP contribution < -0.4 is 5.32 Å². The molecule has 0 spiro atoms. The molecule has 0 radical (unpaired) electrons. The summed E-state index contributed by atoms with van der Waals surface area (Å²) in [6.45, 7) is 4.13. The minimum Gasteiger partial charge on any atom is -0.469 e. The highest BCUT2D eigenvalue weighted by molar-refractivity contribution is 5.19. The number of hydrogen-bond acceptors (Lipinski definition) is 3. The fourth-order valence-electron chi connectivity index (χ4n) is 3.12. The summed E-state index contributed by atoms with van der Waals surface area (Å²) in [7, 11) is 0. The van der Waals surface area contributed by atoms with Crippen LogP contribution in [-0.2, 0) is 11.2 Å². The summed E-state index contributed by atoms with van der Waals surface area (Å²) in [5, 5.41) is 3.67. The molecule has 3 atom stereocenters. The Morgan fingerprint density at radius 2 is 2.05 bits per heavy atom. The van der Waals surface area contributed by atoms with Crippen LogP contribution in [-0.4, -0.2) is 19.2 Å². The quantitative estimate of drug-likeness (QED) is 0.840. The number of ether oxygens (including phenoxy) is 1. The largest absolute Gasteiger partial charge is 0.469 e. The van der Waals surface area contributed by atoms with E-state index in [0.29, 0.717) is 12.0 Å². The van der Waals surface area contributed by atoms with Crippen LogP contribution in [0, 0.1) is 5.92 Å². The second kappa shape index (κ2) is 7.61. The predicted molar refractivity (Wildman–Crippen MR) is 87.7 cm³/mol. The van der Waals surface area contributed by atoms with Gasteiger partial charge < -0.3 is 14.5 Å². The summed E-state index contributed by atoms with van der Waals surface area (Å²) in [5.74, 6) is 1.63. The van der Waals surface area contributed by atoms with Gasteiger partial charge in [-0.2, -0.15) is 0 Å². The topological polar surface area (TPSA) is 34.4 Å². The lowest BCUT2D eigenvalue weighted by Crippen LogP contribution is -2.32. The van der Waals surface area contributed by atoms with Gasteiger partial charge in [0.05, 0.1) is 12.4 Å². The number of benzene rings is 1. The van der Waals surface area contributed by atoms with Crippen LogP contribution in [0.4, 0.5) is 0 Å². The Morgan fingerprint density at radius 3 is 2.82 bits per heavy atom. The first kappa shape index (κ1) is 15.3. The molecule has 2 aromatic rings. The van der Waals surface area contributed by atoms with E-state index in [1.54, 1.807) is 6.26 Å². The van der Waals surface area contributed by atoms with E-state index in [-0.39, 0.29) is 6.10 Å². The summed E-state index contributed by atoms with van der Waals surface area (Å²) >= 11 is 0. The van der Waals surface area contributed by atoms with Crippen molar-refractivity contribution in [1.29, 1.82) is 0 Å². The van der Waals surface area contributed by atoms with Crippen molar-refractivity contribution in [2.45, 2.75) is 38.3 Å². The molecule has 3 rings (SSSR count). The molecule has 1 aromatic carbocycles. The van der Waals surface area contributed by atoms with E-state index < -0.39 is 0 Å². The molecule has 1 aliphatic heterocycles. The Labute approximate surface area is 132 Å². The third-order valence-corrected chi connectivity index (χ3v) is 4.47. The monoisotopic (exact) mass is 299 g/mol. The van der Waals surface area contributed by atoms with Crippen LogP contribution in [0.3, 0.4) is 0 Å². The van der Waals surface area contributed by atoms with Crippen molar-refractivity contribution in [3.8, 4) is 0 Å². The Kier molecular flexibility index (Phi) is 5.30. The molecule has 1 saturated heterocycles. The van der Waals surface area contributed by atoms with Crippen LogP contribution in [0.25, 0.3) is 0 Å². The standard InChI is InChI=1S/C19H25NO2/c1-15(9-10-18-8-5-12-21-18)20-14-17-11-13-22-19(17)16-6-3-2-4-7-16/h2-8,12,15,17,19-20H,9-11,13-14H2,1H3/t15?,17-,19-/m1/s1. The van der Waals surface area contributed by atoms with Gasteiger partial charge in [0.1, 0.15) is 5.76 Å². The molecule has 2 heterocycles. The Morgan fingerprint density at radius 1 is 1.18 bits per heavy atom. The van der Waals surface area contributed by atoms with Crippen molar-refractivity contribution >= 4 is 0 Å². The molecule has 1 N–H and O–H groups in total. The Bertz CT molecular complexity index is 538. The van der Waals surface area contributed by atoms with E-state index in [0.717, 1.165) is 38.2 Å². The summed E-state index contributed by atoms with van der Waals surface area (Å²) in [6.07, 6.45) is 5.21. The smallest absolute Gasteiger partial charge is 0.103 e. The van der Waals surface area contributed by atoms with E-state index in [9.17, 15) is 0 Å². The van der Waals surface area contributed by atoms with Crippen molar-refractivity contribution in [3.63, 3.8) is 0 Å². The SMILES string of the molecule is CC(CCc1ccco1)NC[C@H]1CCO[C@@H]1c1ccccc1. The van der Waals surface area contributed by atoms with Gasteiger partial charge in [-0.25, -0.2) is 0 Å². The number of furan rings is 1. The third kappa shape index (κ3) is 3.99. The first-order valence-corrected chi connectivity index (χ1v) is 8.25. The molecule has 0 saturated carbocycles. The second-order valence-electron chi connectivity index (χ2n) is 6.18. The highest BCUT2D eigenvalue weighted by Gasteiger charge is 2.29. The van der Waals surface area contributed by atoms with Gasteiger partial charge in [0.25, 0.3) is 0 Å². The molecule has 0 aliphatic carbocycles. The molecule has 0 bridgehead atoms. The maximum absolute atomic E-state index is 5.95. The van der Waals surface area contributed by atoms with E-state index in [2.05, 4.69) is 42.6 Å². The number of rotatable bonds is 7. The van der Waals surface area contributed by atoms with Crippen molar-refractivity contribution in [2.24, 2.45) is 5.92 Å². The molecule has 1 unspecified atom stereocenters. The molecule has 22 heavy (non-hydrogen) atoms. The van der Waals surface area contributed by atoms with Gasteiger partial charge in [0, 0.05) is 31.5 Å². The molecular formula is C19H25NO2. The molecule has 1 aromatic heterocycles. The van der Waals surface area contributed by atoms with Crippen molar-refractivity contribution in [2.75, 3.05) is 13.2 Å². The van der Waals surface area contributed by atoms with Crippen molar-refractivity contribution in [1.82, 2.24) is 5.32 Å². The zero-order chi connectivity index (χ0) is 15.2. The summed E-state index contributed by atoms with van der Waals surface area (Å²) in [4.78, 5) is 0. The minimum atomic E-state index is 0.242. The molecule has 3 nitrogen and oxygen atoms in total. The van der Waals surface area contributed by atoms with Crippen molar-refractivity contribution in [3.05, 3.63) is 60.1 Å². The van der Waals surface area contributed by atoms with Gasteiger partial charge in [-0.3, -0.25) is 0 Å². The van der Waals surface area contributed by atoms with Gasteiger partial charge in [-0.05, 0) is 37.5 Å². The normalized spacial score (nSPS) is 22.8. The lowest BCUT2D eigenvalue weighted by Gasteiger charge is -2.22. The number of hydrogen-bond donors (Lipinski definition) is 1. The fraction of sp³-hybridized carbons (Fsp3) is 0.474. The van der Waals surface area contributed by atoms with Gasteiger partial charge in [0.15, 0.2) is 0 Å². The maximum Gasteiger partial charge on any atom is 0.103 e. The lowest BCUT2D eigenvalue weighted by molar-refractivity contribution is 0.0898. The summed E-state index contributed by atoms with van der Waals surface area (Å²) < 4.78 is 11.3. The van der Waals surface area contributed by atoms with E-state index in [1.807, 2.05) is 12.1 Å². The first-order chi connectivity index (χ1) is 10.8. The zero-order valence-electron chi connectivity index (χ0n) is 13.2. The third-order valence-electron chi connectivity index (χ3n) is 4.47. The molecule has 0 amide bonds. The zero-order valence-corrected chi connectivity index (χ0v) is 13.2. The number of nitrogens with one attached hydrogen (secondary N) is 1. The van der Waals surface area contributed by atoms with Gasteiger partial charge >= 0.3 is 0 Å². The van der Waals surface area contributed by atoms with Gasteiger partial charge in [-0.15, -0.1) is 0 Å². The van der Waals surface area contributed by atoms with Crippen LogP contribution in [0.1, 0.15) is 37.2 Å². The minimum absolute atomic E-state index is 0.242. The van der Waals surface area contributed by atoms with Crippen molar-refractivity contribution < 1.29 is 9.15 Å². The highest BCUT2D eigenvalue weighted by atomic mass is 16.5. The maximum atomic E-state index is 5.95. The van der Waals surface area contributed by atoms with Gasteiger partial charge in [-0.1, -0.05) is 30.3 Å². The van der Waals surface area contributed by atoms with Crippen LogP contribution in [0.2, 0.25) is 0 Å². The Balaban J connectivity index is 1.46. The van der Waals surface area contributed by atoms with E-state index in [1.165, 1.54) is 5.56 Å². The fourth-order valence-corrected chi connectivity index (χ4v) is 3.12. The summed E-state index contributed by atoms with van der Waals surface area (Å²) in [6, 6.07) is 15.1. The van der Waals surface area contributed by atoms with Crippen LogP contribution in [0.15, 0.2) is 53.1 Å². The van der Waals surface area contributed by atoms with Crippen LogP contribution >= 0.6 is 0 Å². The first-order valence-electron chi connectivity index (χ1n) is 8.25. The lowest BCUT2D eigenvalue weighted by atomic mass is 9.95. The summed E-state index contributed by atoms with van der Waals surface area (Å²) in [5.41, 5.74) is 1.30. The van der Waals surface area contributed by atoms with E-state index >= 15 is 0 Å². The molecule has 1 fully saturated rings. The number of aryl methyl sites for hydroxylation is 1. The molecule has 1 aliphatic rings. The average molecular weight is 299 g/mol. The molecule has 118 valence electrons. The molecular weight excluding hydrogens is 274 g/mol. The second-order valence-corrected chi connectivity index (χ2v) is 6.18. The molecule has 3 heteroatoms. The van der Waals surface area contributed by atoms with Gasteiger partial charge in [0.2, 0.25) is 0 Å².